The van der Waals surface area contributed by atoms with E-state index in [4.69, 9.17) is 0 Å². The standard InChI is InChI=1S/C18H28N4O/c23-18(14-8-3-1-4-9-14)21-13-7-10-15(21)17-20-19-16-11-5-2-6-12-22(16)17/h14-15H,1-13H2/t15-/m0/s1. The van der Waals surface area contributed by atoms with Gasteiger partial charge in [-0.2, -0.15) is 0 Å². The average molecular weight is 316 g/mol. The van der Waals surface area contributed by atoms with Gasteiger partial charge in [0.05, 0.1) is 6.04 Å². The predicted octanol–water partition coefficient (Wildman–Crippen LogP) is 3.25. The largest absolute Gasteiger partial charge is 0.332 e. The van der Waals surface area contributed by atoms with Gasteiger partial charge < -0.3 is 9.47 Å². The molecular weight excluding hydrogens is 288 g/mol. The van der Waals surface area contributed by atoms with E-state index in [1.54, 1.807) is 0 Å². The Balaban J connectivity index is 1.56. The highest BCUT2D eigenvalue weighted by molar-refractivity contribution is 5.79. The lowest BCUT2D eigenvalue weighted by Crippen LogP contribution is -2.37. The maximum absolute atomic E-state index is 13.0. The zero-order chi connectivity index (χ0) is 15.6. The number of amides is 1. The van der Waals surface area contributed by atoms with Gasteiger partial charge in [0.15, 0.2) is 5.82 Å². The molecule has 3 heterocycles. The normalized spacial score (nSPS) is 26.1. The Morgan fingerprint density at radius 3 is 2.57 bits per heavy atom. The lowest BCUT2D eigenvalue weighted by molar-refractivity contribution is -0.137. The zero-order valence-corrected chi connectivity index (χ0v) is 14.0. The van der Waals surface area contributed by atoms with Crippen molar-refractivity contribution in [3.8, 4) is 0 Å². The second-order valence-corrected chi connectivity index (χ2v) is 7.46. The molecule has 5 heteroatoms. The van der Waals surface area contributed by atoms with Gasteiger partial charge in [-0.3, -0.25) is 4.79 Å². The van der Waals surface area contributed by atoms with Crippen LogP contribution in [-0.2, 0) is 17.8 Å². The molecule has 3 aliphatic rings. The minimum atomic E-state index is 0.170. The van der Waals surface area contributed by atoms with Crippen LogP contribution in [-0.4, -0.2) is 32.1 Å². The summed E-state index contributed by atoms with van der Waals surface area (Å²) in [5, 5.41) is 8.96. The first kappa shape index (κ1) is 15.2. The first-order valence-electron chi connectivity index (χ1n) is 9.57. The molecule has 126 valence electrons. The minimum Gasteiger partial charge on any atom is -0.332 e. The Hall–Kier alpha value is -1.39. The van der Waals surface area contributed by atoms with Crippen LogP contribution in [0.5, 0.6) is 0 Å². The number of fused-ring (bicyclic) bond motifs is 1. The van der Waals surface area contributed by atoms with E-state index in [1.165, 1.54) is 38.5 Å². The summed E-state index contributed by atoms with van der Waals surface area (Å²) in [6, 6.07) is 0.170. The van der Waals surface area contributed by atoms with Gasteiger partial charge in [-0.1, -0.05) is 25.7 Å². The van der Waals surface area contributed by atoms with E-state index in [2.05, 4.69) is 19.7 Å². The quantitative estimate of drug-likeness (QED) is 0.841. The molecule has 1 aromatic heterocycles. The fourth-order valence-corrected chi connectivity index (χ4v) is 4.64. The van der Waals surface area contributed by atoms with Gasteiger partial charge in [0.1, 0.15) is 5.82 Å². The van der Waals surface area contributed by atoms with Gasteiger partial charge in [-0.15, -0.1) is 10.2 Å². The minimum absolute atomic E-state index is 0.170. The van der Waals surface area contributed by atoms with E-state index in [0.717, 1.165) is 56.8 Å². The Kier molecular flexibility index (Phi) is 4.36. The number of hydrogen-bond acceptors (Lipinski definition) is 3. The fraction of sp³-hybridized carbons (Fsp3) is 0.833. The van der Waals surface area contributed by atoms with E-state index in [1.807, 2.05) is 0 Å². The first-order chi connectivity index (χ1) is 11.3. The molecule has 0 N–H and O–H groups in total. The predicted molar refractivity (Wildman–Crippen MR) is 87.8 cm³/mol. The smallest absolute Gasteiger partial charge is 0.226 e. The fourth-order valence-electron chi connectivity index (χ4n) is 4.64. The van der Waals surface area contributed by atoms with Crippen LogP contribution in [0.15, 0.2) is 0 Å². The molecule has 5 nitrogen and oxygen atoms in total. The third-order valence-electron chi connectivity index (χ3n) is 5.93. The molecule has 1 saturated carbocycles. The summed E-state index contributed by atoms with van der Waals surface area (Å²) >= 11 is 0. The Labute approximate surface area is 138 Å². The van der Waals surface area contributed by atoms with Crippen molar-refractivity contribution in [2.45, 2.75) is 83.2 Å². The van der Waals surface area contributed by atoms with E-state index >= 15 is 0 Å². The molecule has 2 aliphatic heterocycles. The first-order valence-corrected chi connectivity index (χ1v) is 9.57. The van der Waals surface area contributed by atoms with Gasteiger partial charge in [-0.05, 0) is 38.5 Å². The van der Waals surface area contributed by atoms with Crippen LogP contribution in [0.4, 0.5) is 0 Å². The third kappa shape index (κ3) is 2.90. The second kappa shape index (κ2) is 6.62. The van der Waals surface area contributed by atoms with Crippen molar-refractivity contribution in [3.05, 3.63) is 11.6 Å². The van der Waals surface area contributed by atoms with Crippen molar-refractivity contribution in [3.63, 3.8) is 0 Å². The van der Waals surface area contributed by atoms with Crippen LogP contribution in [0.1, 0.15) is 81.9 Å². The van der Waals surface area contributed by atoms with Crippen molar-refractivity contribution in [2.24, 2.45) is 5.92 Å². The van der Waals surface area contributed by atoms with E-state index in [9.17, 15) is 4.79 Å². The van der Waals surface area contributed by atoms with E-state index in [0.29, 0.717) is 5.91 Å². The second-order valence-electron chi connectivity index (χ2n) is 7.46. The number of nitrogens with zero attached hydrogens (tertiary/aromatic N) is 4. The highest BCUT2D eigenvalue weighted by Crippen LogP contribution is 2.35. The Bertz CT molecular complexity index is 561. The van der Waals surface area contributed by atoms with Crippen LogP contribution < -0.4 is 0 Å². The number of carbonyl (C=O) groups is 1. The molecule has 1 saturated heterocycles. The average Bonchev–Trinajstić information content (AvgIpc) is 3.16. The van der Waals surface area contributed by atoms with Gasteiger partial charge in [-0.25, -0.2) is 0 Å². The SMILES string of the molecule is O=C(C1CCCCC1)N1CCC[C@H]1c1nnc2n1CCCCC2. The molecule has 0 aromatic carbocycles. The maximum Gasteiger partial charge on any atom is 0.226 e. The lowest BCUT2D eigenvalue weighted by Gasteiger charge is -2.30. The van der Waals surface area contributed by atoms with Gasteiger partial charge >= 0.3 is 0 Å². The highest BCUT2D eigenvalue weighted by atomic mass is 16.2. The van der Waals surface area contributed by atoms with Crippen molar-refractivity contribution >= 4 is 5.91 Å². The summed E-state index contributed by atoms with van der Waals surface area (Å²) in [6.07, 6.45) is 12.8. The topological polar surface area (TPSA) is 51.0 Å². The summed E-state index contributed by atoms with van der Waals surface area (Å²) < 4.78 is 2.32. The molecule has 1 atom stereocenters. The van der Waals surface area contributed by atoms with Crippen LogP contribution in [0.3, 0.4) is 0 Å². The van der Waals surface area contributed by atoms with Gasteiger partial charge in [0, 0.05) is 25.4 Å². The number of aromatic nitrogens is 3. The van der Waals surface area contributed by atoms with E-state index in [-0.39, 0.29) is 12.0 Å². The molecular formula is C18H28N4O. The highest BCUT2D eigenvalue weighted by Gasteiger charge is 2.37. The third-order valence-corrected chi connectivity index (χ3v) is 5.93. The zero-order valence-electron chi connectivity index (χ0n) is 14.0. The maximum atomic E-state index is 13.0. The Morgan fingerprint density at radius 1 is 0.870 bits per heavy atom. The molecule has 1 aliphatic carbocycles. The van der Waals surface area contributed by atoms with Crippen LogP contribution in [0, 0.1) is 5.92 Å². The lowest BCUT2D eigenvalue weighted by atomic mass is 9.88. The number of carbonyl (C=O) groups excluding carboxylic acids is 1. The number of hydrogen-bond donors (Lipinski definition) is 0. The summed E-state index contributed by atoms with van der Waals surface area (Å²) in [4.78, 5) is 15.1. The molecule has 0 bridgehead atoms. The van der Waals surface area contributed by atoms with Crippen molar-refractivity contribution in [2.75, 3.05) is 6.54 Å². The number of likely N-dealkylation sites (tertiary alicyclic amines) is 1. The van der Waals surface area contributed by atoms with Crippen molar-refractivity contribution in [1.82, 2.24) is 19.7 Å². The molecule has 23 heavy (non-hydrogen) atoms. The number of rotatable bonds is 2. The molecule has 1 amide bonds. The van der Waals surface area contributed by atoms with Gasteiger partial charge in [0.25, 0.3) is 0 Å². The summed E-state index contributed by atoms with van der Waals surface area (Å²) in [7, 11) is 0. The summed E-state index contributed by atoms with van der Waals surface area (Å²) in [5.41, 5.74) is 0. The van der Waals surface area contributed by atoms with Crippen molar-refractivity contribution < 1.29 is 4.79 Å². The molecule has 4 rings (SSSR count). The number of aryl methyl sites for hydroxylation is 1. The Morgan fingerprint density at radius 2 is 1.70 bits per heavy atom. The van der Waals surface area contributed by atoms with Crippen LogP contribution in [0.2, 0.25) is 0 Å². The van der Waals surface area contributed by atoms with Crippen LogP contribution in [0.25, 0.3) is 0 Å². The van der Waals surface area contributed by atoms with E-state index < -0.39 is 0 Å². The molecule has 0 radical (unpaired) electrons. The van der Waals surface area contributed by atoms with Crippen molar-refractivity contribution in [1.29, 1.82) is 0 Å². The summed E-state index contributed by atoms with van der Waals surface area (Å²) in [6.45, 7) is 1.93. The van der Waals surface area contributed by atoms with Crippen LogP contribution >= 0.6 is 0 Å². The van der Waals surface area contributed by atoms with Gasteiger partial charge in [0.2, 0.25) is 5.91 Å². The molecule has 0 spiro atoms. The molecule has 1 aromatic rings. The molecule has 2 fully saturated rings. The summed E-state index contributed by atoms with van der Waals surface area (Å²) in [5.74, 6) is 2.84. The monoisotopic (exact) mass is 316 g/mol. The molecule has 0 unspecified atom stereocenters.